The Balaban J connectivity index is 1.90. The fourth-order valence-corrected chi connectivity index (χ4v) is 2.42. The predicted octanol–water partition coefficient (Wildman–Crippen LogP) is 2.17. The number of aromatic nitrogens is 2. The van der Waals surface area contributed by atoms with E-state index in [0.717, 1.165) is 38.5 Å². The monoisotopic (exact) mass is 263 g/mol. The SMILES string of the molecule is CC(C)=CCN1CCO[C@H](Cn2nc(C)cc2C)C1. The molecule has 0 unspecified atom stereocenters. The summed E-state index contributed by atoms with van der Waals surface area (Å²) < 4.78 is 7.92. The first-order valence-corrected chi connectivity index (χ1v) is 7.03. The van der Waals surface area contributed by atoms with Crippen LogP contribution in [0.3, 0.4) is 0 Å². The molecule has 0 radical (unpaired) electrons. The number of ether oxygens (including phenoxy) is 1. The molecule has 1 aromatic rings. The molecule has 1 saturated heterocycles. The zero-order valence-corrected chi connectivity index (χ0v) is 12.5. The molecule has 19 heavy (non-hydrogen) atoms. The lowest BCUT2D eigenvalue weighted by Crippen LogP contribution is -2.44. The van der Waals surface area contributed by atoms with E-state index in [1.807, 2.05) is 6.92 Å². The number of aryl methyl sites for hydroxylation is 2. The molecule has 0 spiro atoms. The molecule has 0 bridgehead atoms. The Morgan fingerprint density at radius 3 is 2.89 bits per heavy atom. The van der Waals surface area contributed by atoms with Crippen LogP contribution in [0.25, 0.3) is 0 Å². The molecule has 0 N–H and O–H groups in total. The fourth-order valence-electron chi connectivity index (χ4n) is 2.42. The minimum Gasteiger partial charge on any atom is -0.374 e. The van der Waals surface area contributed by atoms with E-state index in [2.05, 4.69) is 47.6 Å². The van der Waals surface area contributed by atoms with Crippen LogP contribution in [0.1, 0.15) is 25.2 Å². The third kappa shape index (κ3) is 4.18. The third-order valence-corrected chi connectivity index (χ3v) is 3.46. The van der Waals surface area contributed by atoms with Gasteiger partial charge in [-0.15, -0.1) is 0 Å². The van der Waals surface area contributed by atoms with E-state index in [0.29, 0.717) is 0 Å². The highest BCUT2D eigenvalue weighted by molar-refractivity contribution is 5.06. The van der Waals surface area contributed by atoms with Crippen molar-refractivity contribution in [1.82, 2.24) is 14.7 Å². The molecule has 0 aromatic carbocycles. The van der Waals surface area contributed by atoms with Crippen LogP contribution in [-0.2, 0) is 11.3 Å². The Kier molecular flexibility index (Phi) is 4.77. The Hall–Kier alpha value is -1.13. The number of allylic oxidation sites excluding steroid dienone is 1. The van der Waals surface area contributed by atoms with E-state index in [1.165, 1.54) is 11.3 Å². The van der Waals surface area contributed by atoms with Crippen molar-refractivity contribution in [1.29, 1.82) is 0 Å². The van der Waals surface area contributed by atoms with E-state index < -0.39 is 0 Å². The smallest absolute Gasteiger partial charge is 0.0898 e. The van der Waals surface area contributed by atoms with Gasteiger partial charge in [-0.25, -0.2) is 0 Å². The van der Waals surface area contributed by atoms with E-state index in [-0.39, 0.29) is 6.10 Å². The van der Waals surface area contributed by atoms with Crippen molar-refractivity contribution >= 4 is 0 Å². The van der Waals surface area contributed by atoms with Gasteiger partial charge in [-0.1, -0.05) is 11.6 Å². The average Bonchev–Trinajstić information content (AvgIpc) is 2.66. The lowest BCUT2D eigenvalue weighted by Gasteiger charge is -2.32. The summed E-state index contributed by atoms with van der Waals surface area (Å²) in [6, 6.07) is 2.11. The van der Waals surface area contributed by atoms with Gasteiger partial charge in [-0.2, -0.15) is 5.10 Å². The minimum atomic E-state index is 0.248. The molecule has 2 rings (SSSR count). The topological polar surface area (TPSA) is 30.3 Å². The second-order valence-corrected chi connectivity index (χ2v) is 5.64. The van der Waals surface area contributed by atoms with Crippen molar-refractivity contribution in [2.75, 3.05) is 26.2 Å². The van der Waals surface area contributed by atoms with Crippen LogP contribution in [0.15, 0.2) is 17.7 Å². The van der Waals surface area contributed by atoms with Crippen molar-refractivity contribution in [3.8, 4) is 0 Å². The molecule has 0 amide bonds. The summed E-state index contributed by atoms with van der Waals surface area (Å²) in [6.45, 7) is 13.1. The summed E-state index contributed by atoms with van der Waals surface area (Å²) in [6.07, 6.45) is 2.53. The van der Waals surface area contributed by atoms with E-state index in [4.69, 9.17) is 4.74 Å². The van der Waals surface area contributed by atoms with Crippen molar-refractivity contribution in [2.45, 2.75) is 40.3 Å². The molecule has 0 aliphatic carbocycles. The van der Waals surface area contributed by atoms with Crippen LogP contribution >= 0.6 is 0 Å². The van der Waals surface area contributed by atoms with Crippen molar-refractivity contribution < 1.29 is 4.74 Å². The van der Waals surface area contributed by atoms with Gasteiger partial charge in [0.15, 0.2) is 0 Å². The van der Waals surface area contributed by atoms with Gasteiger partial charge >= 0.3 is 0 Å². The second kappa shape index (κ2) is 6.35. The molecule has 4 heteroatoms. The first kappa shape index (κ1) is 14.3. The molecule has 1 aliphatic rings. The maximum Gasteiger partial charge on any atom is 0.0898 e. The van der Waals surface area contributed by atoms with Gasteiger partial charge < -0.3 is 4.74 Å². The Bertz CT molecular complexity index is 446. The number of hydrogen-bond acceptors (Lipinski definition) is 3. The zero-order chi connectivity index (χ0) is 13.8. The molecule has 1 fully saturated rings. The van der Waals surface area contributed by atoms with Crippen molar-refractivity contribution in [3.63, 3.8) is 0 Å². The molecule has 0 saturated carbocycles. The molecular formula is C15H25N3O. The Morgan fingerprint density at radius 2 is 2.26 bits per heavy atom. The van der Waals surface area contributed by atoms with Crippen LogP contribution in [0, 0.1) is 13.8 Å². The molecule has 106 valence electrons. The van der Waals surface area contributed by atoms with E-state index in [9.17, 15) is 0 Å². The first-order valence-electron chi connectivity index (χ1n) is 7.03. The van der Waals surface area contributed by atoms with Crippen LogP contribution in [0.2, 0.25) is 0 Å². The van der Waals surface area contributed by atoms with Gasteiger partial charge in [0.25, 0.3) is 0 Å². The largest absolute Gasteiger partial charge is 0.374 e. The standard InChI is InChI=1S/C15H25N3O/c1-12(2)5-6-17-7-8-19-15(10-17)11-18-14(4)9-13(3)16-18/h5,9,15H,6-8,10-11H2,1-4H3/t15-/m0/s1. The summed E-state index contributed by atoms with van der Waals surface area (Å²) in [4.78, 5) is 2.45. The van der Waals surface area contributed by atoms with Gasteiger partial charge in [0.1, 0.15) is 0 Å². The Labute approximate surface area is 116 Å². The maximum absolute atomic E-state index is 5.86. The number of hydrogen-bond donors (Lipinski definition) is 0. The molecule has 1 aromatic heterocycles. The molecule has 4 nitrogen and oxygen atoms in total. The van der Waals surface area contributed by atoms with Crippen LogP contribution in [0.5, 0.6) is 0 Å². The third-order valence-electron chi connectivity index (χ3n) is 3.46. The summed E-state index contributed by atoms with van der Waals surface area (Å²) in [7, 11) is 0. The molecular weight excluding hydrogens is 238 g/mol. The second-order valence-electron chi connectivity index (χ2n) is 5.64. The average molecular weight is 263 g/mol. The first-order chi connectivity index (χ1) is 9.04. The van der Waals surface area contributed by atoms with Gasteiger partial charge in [0.2, 0.25) is 0 Å². The van der Waals surface area contributed by atoms with Crippen LogP contribution in [-0.4, -0.2) is 47.0 Å². The van der Waals surface area contributed by atoms with Crippen molar-refractivity contribution in [3.05, 3.63) is 29.1 Å². The quantitative estimate of drug-likeness (QED) is 0.780. The minimum absolute atomic E-state index is 0.248. The molecule has 2 heterocycles. The summed E-state index contributed by atoms with van der Waals surface area (Å²) in [5, 5.41) is 4.51. The maximum atomic E-state index is 5.86. The van der Waals surface area contributed by atoms with Gasteiger partial charge in [-0.05, 0) is 33.8 Å². The highest BCUT2D eigenvalue weighted by atomic mass is 16.5. The van der Waals surface area contributed by atoms with Gasteiger partial charge in [-0.3, -0.25) is 9.58 Å². The normalized spacial score (nSPS) is 20.5. The Morgan fingerprint density at radius 1 is 1.47 bits per heavy atom. The van der Waals surface area contributed by atoms with Crippen LogP contribution < -0.4 is 0 Å². The number of nitrogens with zero attached hydrogens (tertiary/aromatic N) is 3. The molecule has 1 aliphatic heterocycles. The van der Waals surface area contributed by atoms with Gasteiger partial charge in [0, 0.05) is 25.3 Å². The predicted molar refractivity (Wildman–Crippen MR) is 77.3 cm³/mol. The lowest BCUT2D eigenvalue weighted by atomic mass is 10.2. The van der Waals surface area contributed by atoms with Crippen LogP contribution in [0.4, 0.5) is 0 Å². The highest BCUT2D eigenvalue weighted by Crippen LogP contribution is 2.10. The zero-order valence-electron chi connectivity index (χ0n) is 12.5. The number of morpholine rings is 1. The fraction of sp³-hybridized carbons (Fsp3) is 0.667. The number of rotatable bonds is 4. The summed E-state index contributed by atoms with van der Waals surface area (Å²) >= 11 is 0. The lowest BCUT2D eigenvalue weighted by molar-refractivity contribution is -0.0341. The van der Waals surface area contributed by atoms with E-state index in [1.54, 1.807) is 0 Å². The van der Waals surface area contributed by atoms with E-state index >= 15 is 0 Å². The van der Waals surface area contributed by atoms with Gasteiger partial charge in [0.05, 0.1) is 24.9 Å². The highest BCUT2D eigenvalue weighted by Gasteiger charge is 2.20. The summed E-state index contributed by atoms with van der Waals surface area (Å²) in [5.41, 5.74) is 3.67. The van der Waals surface area contributed by atoms with Crippen molar-refractivity contribution in [2.24, 2.45) is 0 Å². The molecule has 1 atom stereocenters. The summed E-state index contributed by atoms with van der Waals surface area (Å²) in [5.74, 6) is 0.